The number of hydrogen-bond donors (Lipinski definition) is 0. The zero-order valence-electron chi connectivity index (χ0n) is 14.4. The first kappa shape index (κ1) is 17.3. The number of hydrogen-bond acceptors (Lipinski definition) is 4. The molecule has 0 unspecified atom stereocenters. The van der Waals surface area contributed by atoms with Crippen molar-refractivity contribution in [3.8, 4) is 5.69 Å². The van der Waals surface area contributed by atoms with E-state index in [-0.39, 0.29) is 17.0 Å². The quantitative estimate of drug-likeness (QED) is 0.401. The normalized spacial score (nSPS) is 10.7. The van der Waals surface area contributed by atoms with Gasteiger partial charge in [0.05, 0.1) is 10.6 Å². The van der Waals surface area contributed by atoms with Crippen LogP contribution in [-0.4, -0.2) is 20.1 Å². The summed E-state index contributed by atoms with van der Waals surface area (Å²) in [5, 5.41) is 10.8. The van der Waals surface area contributed by atoms with Crippen LogP contribution in [0.2, 0.25) is 0 Å². The third-order valence-corrected chi connectivity index (χ3v) is 4.26. The predicted octanol–water partition coefficient (Wildman–Crippen LogP) is 3.11. The molecule has 0 aliphatic carbocycles. The number of carbonyl (C=O) groups excluding carboxylic acids is 1. The van der Waals surface area contributed by atoms with Crippen LogP contribution in [0.25, 0.3) is 5.69 Å². The van der Waals surface area contributed by atoms with Crippen LogP contribution >= 0.6 is 0 Å². The number of nitro benzene ring substituents is 1. The molecule has 0 fully saturated rings. The maximum atomic E-state index is 13.0. The molecular formula is C19H17N3O4. The van der Waals surface area contributed by atoms with Gasteiger partial charge in [-0.3, -0.25) is 24.4 Å². The Labute approximate surface area is 149 Å². The highest BCUT2D eigenvalue weighted by molar-refractivity contribution is 6.09. The minimum Gasteiger partial charge on any atom is -0.288 e. The molecule has 0 aliphatic heterocycles. The van der Waals surface area contributed by atoms with Crippen molar-refractivity contribution in [1.82, 2.24) is 9.36 Å². The summed E-state index contributed by atoms with van der Waals surface area (Å²) in [6, 6.07) is 14.3. The Kier molecular flexibility index (Phi) is 4.53. The van der Waals surface area contributed by atoms with Gasteiger partial charge in [0.1, 0.15) is 5.56 Å². The lowest BCUT2D eigenvalue weighted by Crippen LogP contribution is -2.23. The van der Waals surface area contributed by atoms with Crippen molar-refractivity contribution >= 4 is 11.5 Å². The average molecular weight is 351 g/mol. The Bertz CT molecular complexity index is 1030. The van der Waals surface area contributed by atoms with Gasteiger partial charge in [0, 0.05) is 29.9 Å². The van der Waals surface area contributed by atoms with Crippen LogP contribution in [0.5, 0.6) is 0 Å². The average Bonchev–Trinajstić information content (AvgIpc) is 2.91. The summed E-state index contributed by atoms with van der Waals surface area (Å²) >= 11 is 0. The Morgan fingerprint density at radius 3 is 2.23 bits per heavy atom. The predicted molar refractivity (Wildman–Crippen MR) is 97.0 cm³/mol. The molecule has 1 heterocycles. The number of ketones is 1. The Balaban J connectivity index is 2.17. The lowest BCUT2D eigenvalue weighted by Gasteiger charge is -2.11. The van der Waals surface area contributed by atoms with Crippen molar-refractivity contribution in [3.63, 3.8) is 0 Å². The summed E-state index contributed by atoms with van der Waals surface area (Å²) in [5.41, 5.74) is 1.08. The van der Waals surface area contributed by atoms with E-state index in [0.717, 1.165) is 0 Å². The number of non-ortho nitro benzene ring substituents is 1. The summed E-state index contributed by atoms with van der Waals surface area (Å²) in [4.78, 5) is 36.2. The van der Waals surface area contributed by atoms with Crippen molar-refractivity contribution in [3.05, 3.63) is 91.9 Å². The largest absolute Gasteiger partial charge is 0.288 e. The van der Waals surface area contributed by atoms with Gasteiger partial charge >= 0.3 is 0 Å². The summed E-state index contributed by atoms with van der Waals surface area (Å²) in [5.74, 6) is -0.337. The maximum absolute atomic E-state index is 13.0. The highest BCUT2D eigenvalue weighted by Gasteiger charge is 2.24. The van der Waals surface area contributed by atoms with E-state index in [4.69, 9.17) is 0 Å². The first-order valence-electron chi connectivity index (χ1n) is 8.12. The molecule has 0 bridgehead atoms. The van der Waals surface area contributed by atoms with Crippen molar-refractivity contribution in [1.29, 1.82) is 0 Å². The SMILES string of the molecule is CCn1c(C)c(C(=O)c2ccccc2)c(=O)n1-c1ccc([N+](=O)[O-])cc1. The fourth-order valence-corrected chi connectivity index (χ4v) is 3.00. The van der Waals surface area contributed by atoms with Crippen LogP contribution in [0, 0.1) is 17.0 Å². The number of rotatable bonds is 5. The number of nitro groups is 1. The zero-order valence-corrected chi connectivity index (χ0v) is 14.4. The molecule has 0 saturated carbocycles. The second-order valence-corrected chi connectivity index (χ2v) is 5.76. The molecule has 0 amide bonds. The molecule has 7 heteroatoms. The first-order valence-corrected chi connectivity index (χ1v) is 8.12. The number of aromatic nitrogens is 2. The minimum absolute atomic E-state index is 0.0614. The van der Waals surface area contributed by atoms with E-state index in [1.54, 1.807) is 41.9 Å². The van der Waals surface area contributed by atoms with E-state index >= 15 is 0 Å². The van der Waals surface area contributed by atoms with Gasteiger partial charge in [0.2, 0.25) is 0 Å². The molecule has 1 aromatic heterocycles. The minimum atomic E-state index is -0.499. The smallest absolute Gasteiger partial charge is 0.282 e. The molecule has 3 rings (SSSR count). The standard InChI is InChI=1S/C19H17N3O4/c1-3-20-13(2)17(18(23)14-7-5-4-6-8-14)19(24)21(20)15-9-11-16(12-10-15)22(25)26/h4-12H,3H2,1-2H3. The van der Waals surface area contributed by atoms with E-state index in [9.17, 15) is 19.7 Å². The first-order chi connectivity index (χ1) is 12.5. The highest BCUT2D eigenvalue weighted by Crippen LogP contribution is 2.18. The van der Waals surface area contributed by atoms with Crippen LogP contribution in [0.1, 0.15) is 28.5 Å². The van der Waals surface area contributed by atoms with Crippen LogP contribution in [0.15, 0.2) is 59.4 Å². The van der Waals surface area contributed by atoms with Crippen LogP contribution < -0.4 is 5.56 Å². The Morgan fingerprint density at radius 1 is 1.08 bits per heavy atom. The number of nitrogens with zero attached hydrogens (tertiary/aromatic N) is 3. The summed E-state index contributed by atoms with van der Waals surface area (Å²) < 4.78 is 3.08. The van der Waals surface area contributed by atoms with Crippen molar-refractivity contribution < 1.29 is 9.72 Å². The number of benzene rings is 2. The monoisotopic (exact) mass is 351 g/mol. The third-order valence-electron chi connectivity index (χ3n) is 4.26. The van der Waals surface area contributed by atoms with Gasteiger partial charge < -0.3 is 0 Å². The zero-order chi connectivity index (χ0) is 18.8. The topological polar surface area (TPSA) is 87.1 Å². The van der Waals surface area contributed by atoms with Gasteiger partial charge in [-0.05, 0) is 26.0 Å². The summed E-state index contributed by atoms with van der Waals surface area (Å²) in [7, 11) is 0. The van der Waals surface area contributed by atoms with Gasteiger partial charge in [0.15, 0.2) is 5.78 Å². The molecule has 0 saturated heterocycles. The Hall–Kier alpha value is -3.48. The number of carbonyl (C=O) groups is 1. The molecule has 0 radical (unpaired) electrons. The molecule has 7 nitrogen and oxygen atoms in total. The van der Waals surface area contributed by atoms with Gasteiger partial charge in [-0.25, -0.2) is 4.68 Å². The second kappa shape index (κ2) is 6.79. The molecule has 2 aromatic carbocycles. The molecule has 0 spiro atoms. The van der Waals surface area contributed by atoms with Crippen LogP contribution in [0.3, 0.4) is 0 Å². The van der Waals surface area contributed by atoms with E-state index in [1.807, 2.05) is 6.92 Å². The molecule has 26 heavy (non-hydrogen) atoms. The summed E-state index contributed by atoms with van der Waals surface area (Å²) in [6.07, 6.45) is 0. The molecule has 0 atom stereocenters. The lowest BCUT2D eigenvalue weighted by molar-refractivity contribution is -0.384. The van der Waals surface area contributed by atoms with Gasteiger partial charge in [-0.15, -0.1) is 0 Å². The van der Waals surface area contributed by atoms with Crippen LogP contribution in [-0.2, 0) is 6.54 Å². The fraction of sp³-hybridized carbons (Fsp3) is 0.158. The van der Waals surface area contributed by atoms with E-state index in [0.29, 0.717) is 23.5 Å². The van der Waals surface area contributed by atoms with Crippen molar-refractivity contribution in [2.24, 2.45) is 0 Å². The van der Waals surface area contributed by atoms with Gasteiger partial charge in [0.25, 0.3) is 11.2 Å². The highest BCUT2D eigenvalue weighted by atomic mass is 16.6. The lowest BCUT2D eigenvalue weighted by atomic mass is 10.0. The van der Waals surface area contributed by atoms with E-state index < -0.39 is 10.5 Å². The maximum Gasteiger partial charge on any atom is 0.282 e. The molecule has 132 valence electrons. The van der Waals surface area contributed by atoms with E-state index in [1.165, 1.54) is 28.9 Å². The molecule has 0 N–H and O–H groups in total. The molecule has 0 aliphatic rings. The van der Waals surface area contributed by atoms with Crippen molar-refractivity contribution in [2.45, 2.75) is 20.4 Å². The van der Waals surface area contributed by atoms with E-state index in [2.05, 4.69) is 0 Å². The third kappa shape index (κ3) is 2.83. The van der Waals surface area contributed by atoms with Crippen LogP contribution in [0.4, 0.5) is 5.69 Å². The Morgan fingerprint density at radius 2 is 1.69 bits per heavy atom. The second-order valence-electron chi connectivity index (χ2n) is 5.76. The van der Waals surface area contributed by atoms with Crippen molar-refractivity contribution in [2.75, 3.05) is 0 Å². The fourth-order valence-electron chi connectivity index (χ4n) is 3.00. The molecule has 3 aromatic rings. The summed E-state index contributed by atoms with van der Waals surface area (Å²) in [6.45, 7) is 4.06. The molecular weight excluding hydrogens is 334 g/mol. The van der Waals surface area contributed by atoms with Gasteiger partial charge in [-0.1, -0.05) is 30.3 Å². The van der Waals surface area contributed by atoms with Gasteiger partial charge in [-0.2, -0.15) is 0 Å².